The summed E-state index contributed by atoms with van der Waals surface area (Å²) in [6.07, 6.45) is 1.90. The fourth-order valence-electron chi connectivity index (χ4n) is 4.04. The van der Waals surface area contributed by atoms with Gasteiger partial charge in [-0.25, -0.2) is 4.79 Å². The topological polar surface area (TPSA) is 87.6 Å². The molecule has 0 saturated heterocycles. The number of phenolic OH excluding ortho intramolecular Hbond substituents is 1. The molecule has 5 rings (SSSR count). The second-order valence-electron chi connectivity index (χ2n) is 7.60. The molecule has 32 heavy (non-hydrogen) atoms. The highest BCUT2D eigenvalue weighted by Gasteiger charge is 2.26. The lowest BCUT2D eigenvalue weighted by Crippen LogP contribution is -2.40. The van der Waals surface area contributed by atoms with Gasteiger partial charge in [-0.3, -0.25) is 0 Å². The average Bonchev–Trinajstić information content (AvgIpc) is 3.07. The van der Waals surface area contributed by atoms with Gasteiger partial charge in [0, 0.05) is 27.1 Å². The highest BCUT2D eigenvalue weighted by Crippen LogP contribution is 2.39. The maximum Gasteiger partial charge on any atom is 0.336 e. The number of furan rings is 1. The van der Waals surface area contributed by atoms with E-state index in [0.29, 0.717) is 37.8 Å². The number of hydrogen-bond donors (Lipinski definition) is 3. The number of halogens is 2. The monoisotopic (exact) mass is 574 g/mol. The lowest BCUT2D eigenvalue weighted by atomic mass is 10.0. The molecule has 9 heteroatoms. The van der Waals surface area contributed by atoms with Crippen molar-refractivity contribution in [3.63, 3.8) is 0 Å². The Hall–Kier alpha value is -2.62. The van der Waals surface area contributed by atoms with E-state index in [1.54, 1.807) is 6.07 Å². The number of aromatic hydroxyl groups is 1. The van der Waals surface area contributed by atoms with Crippen LogP contribution in [0.1, 0.15) is 28.5 Å². The first-order valence-electron chi connectivity index (χ1n) is 9.67. The summed E-state index contributed by atoms with van der Waals surface area (Å²) >= 11 is 12.3. The van der Waals surface area contributed by atoms with E-state index in [4.69, 9.17) is 21.1 Å². The van der Waals surface area contributed by atoms with Gasteiger partial charge in [0.1, 0.15) is 16.9 Å². The van der Waals surface area contributed by atoms with Gasteiger partial charge in [0.05, 0.1) is 21.6 Å². The van der Waals surface area contributed by atoms with Crippen LogP contribution in [0.4, 0.5) is 0 Å². The second kappa shape index (κ2) is 7.75. The molecule has 162 valence electrons. The van der Waals surface area contributed by atoms with Crippen LogP contribution in [0.25, 0.3) is 27.6 Å². The van der Waals surface area contributed by atoms with Crippen molar-refractivity contribution < 1.29 is 13.9 Å². The predicted molar refractivity (Wildman–Crippen MR) is 135 cm³/mol. The second-order valence-corrected chi connectivity index (χ2v) is 9.78. The summed E-state index contributed by atoms with van der Waals surface area (Å²) in [5.74, 6) is 0.703. The highest BCUT2D eigenvalue weighted by atomic mass is 79.9. The maximum atomic E-state index is 12.0. The SMILES string of the molecule is Cc1cc(=O)oc2c1ccc1oc(C3=CC(c4cc(Br)cc(Br)c4O)NC(=S)N3)c(C)c12. The van der Waals surface area contributed by atoms with Crippen molar-refractivity contribution in [1.82, 2.24) is 10.6 Å². The molecule has 0 radical (unpaired) electrons. The van der Waals surface area contributed by atoms with Crippen LogP contribution in [0.2, 0.25) is 0 Å². The van der Waals surface area contributed by atoms with Crippen molar-refractivity contribution in [3.8, 4) is 5.75 Å². The zero-order valence-corrected chi connectivity index (χ0v) is 20.9. The Morgan fingerprint density at radius 1 is 1.12 bits per heavy atom. The summed E-state index contributed by atoms with van der Waals surface area (Å²) in [7, 11) is 0. The number of aryl methyl sites for hydroxylation is 2. The average molecular weight is 576 g/mol. The predicted octanol–water partition coefficient (Wildman–Crippen LogP) is 5.95. The first-order valence-corrected chi connectivity index (χ1v) is 11.7. The first-order chi connectivity index (χ1) is 15.2. The Morgan fingerprint density at radius 2 is 1.91 bits per heavy atom. The largest absolute Gasteiger partial charge is 0.506 e. The van der Waals surface area contributed by atoms with Gasteiger partial charge in [-0.15, -0.1) is 0 Å². The third-order valence-electron chi connectivity index (χ3n) is 5.51. The van der Waals surface area contributed by atoms with E-state index in [1.165, 1.54) is 6.07 Å². The minimum absolute atomic E-state index is 0.121. The number of nitrogens with one attached hydrogen (secondary N) is 2. The van der Waals surface area contributed by atoms with Gasteiger partial charge in [0.15, 0.2) is 10.9 Å². The molecule has 0 fully saturated rings. The normalized spacial score (nSPS) is 16.2. The number of fused-ring (bicyclic) bond motifs is 3. The van der Waals surface area contributed by atoms with Gasteiger partial charge in [0.2, 0.25) is 0 Å². The fraction of sp³-hybridized carbons (Fsp3) is 0.130. The number of rotatable bonds is 2. The molecular formula is C23H16Br2N2O4S. The lowest BCUT2D eigenvalue weighted by Gasteiger charge is -2.26. The summed E-state index contributed by atoms with van der Waals surface area (Å²) in [5.41, 5.74) is 3.68. The van der Waals surface area contributed by atoms with E-state index >= 15 is 0 Å². The highest BCUT2D eigenvalue weighted by molar-refractivity contribution is 9.11. The van der Waals surface area contributed by atoms with Crippen LogP contribution >= 0.6 is 44.1 Å². The van der Waals surface area contributed by atoms with Crippen molar-refractivity contribution in [3.05, 3.63) is 78.2 Å². The third kappa shape index (κ3) is 3.44. The van der Waals surface area contributed by atoms with Crippen molar-refractivity contribution in [1.29, 1.82) is 0 Å². The number of benzene rings is 2. The van der Waals surface area contributed by atoms with Crippen LogP contribution in [-0.2, 0) is 0 Å². The zero-order chi connectivity index (χ0) is 22.7. The molecule has 0 saturated carbocycles. The molecule has 1 aliphatic heterocycles. The molecule has 6 nitrogen and oxygen atoms in total. The molecule has 0 bridgehead atoms. The van der Waals surface area contributed by atoms with Crippen LogP contribution in [0.5, 0.6) is 5.75 Å². The minimum Gasteiger partial charge on any atom is -0.506 e. The lowest BCUT2D eigenvalue weighted by molar-refractivity contribution is 0.460. The van der Waals surface area contributed by atoms with E-state index in [9.17, 15) is 9.90 Å². The van der Waals surface area contributed by atoms with Gasteiger partial charge in [-0.1, -0.05) is 15.9 Å². The van der Waals surface area contributed by atoms with Crippen molar-refractivity contribution in [2.24, 2.45) is 0 Å². The van der Waals surface area contributed by atoms with Gasteiger partial charge in [-0.05, 0) is 77.9 Å². The fourth-order valence-corrected chi connectivity index (χ4v) is 5.53. The molecule has 2 aromatic heterocycles. The molecule has 3 heterocycles. The standard InChI is InChI=1S/C23H16Br2N2O4S/c1-9-5-18(28)31-22-12(9)3-4-17-19(22)10(2)21(30-17)16-8-15(26-23(32)27-16)13-6-11(24)7-14(25)20(13)29/h3-8,15,29H,1-2H3,(H2,26,27,32). The first kappa shape index (κ1) is 21.2. The molecule has 1 aliphatic rings. The van der Waals surface area contributed by atoms with Crippen LogP contribution in [0.15, 0.2) is 59.0 Å². The van der Waals surface area contributed by atoms with E-state index in [-0.39, 0.29) is 5.75 Å². The maximum absolute atomic E-state index is 12.0. The Bertz CT molecular complexity index is 1540. The molecule has 0 amide bonds. The summed E-state index contributed by atoms with van der Waals surface area (Å²) in [4.78, 5) is 12.0. The van der Waals surface area contributed by atoms with Gasteiger partial charge >= 0.3 is 5.63 Å². The summed E-state index contributed by atoms with van der Waals surface area (Å²) in [5, 5.41) is 18.9. The van der Waals surface area contributed by atoms with Gasteiger partial charge < -0.3 is 24.6 Å². The van der Waals surface area contributed by atoms with Crippen molar-refractivity contribution in [2.45, 2.75) is 19.9 Å². The Morgan fingerprint density at radius 3 is 2.69 bits per heavy atom. The summed E-state index contributed by atoms with van der Waals surface area (Å²) in [6, 6.07) is 8.45. The van der Waals surface area contributed by atoms with Crippen LogP contribution in [-0.4, -0.2) is 10.2 Å². The van der Waals surface area contributed by atoms with Gasteiger partial charge in [-0.2, -0.15) is 0 Å². The molecule has 4 aromatic rings. The van der Waals surface area contributed by atoms with Crippen molar-refractivity contribution >= 4 is 76.8 Å². The number of thiocarbonyl (C=S) groups is 1. The smallest absolute Gasteiger partial charge is 0.336 e. The van der Waals surface area contributed by atoms with E-state index in [1.807, 2.05) is 38.1 Å². The Kier molecular flexibility index (Phi) is 5.15. The van der Waals surface area contributed by atoms with Crippen LogP contribution in [0, 0.1) is 13.8 Å². The van der Waals surface area contributed by atoms with Crippen LogP contribution < -0.4 is 16.3 Å². The number of phenols is 1. The molecule has 1 unspecified atom stereocenters. The quantitative estimate of drug-likeness (QED) is 0.201. The summed E-state index contributed by atoms with van der Waals surface area (Å²) in [6.45, 7) is 3.79. The van der Waals surface area contributed by atoms with E-state index < -0.39 is 11.7 Å². The van der Waals surface area contributed by atoms with E-state index in [0.717, 1.165) is 26.4 Å². The molecule has 0 spiro atoms. The molecule has 2 aromatic carbocycles. The molecule has 1 atom stereocenters. The third-order valence-corrected chi connectivity index (χ3v) is 6.80. The molecular weight excluding hydrogens is 560 g/mol. The summed E-state index contributed by atoms with van der Waals surface area (Å²) < 4.78 is 13.1. The zero-order valence-electron chi connectivity index (χ0n) is 16.9. The Labute approximate surface area is 204 Å². The Balaban J connectivity index is 1.71. The van der Waals surface area contributed by atoms with E-state index in [2.05, 4.69) is 42.5 Å². The number of hydrogen-bond acceptors (Lipinski definition) is 5. The van der Waals surface area contributed by atoms with Gasteiger partial charge in [0.25, 0.3) is 0 Å². The minimum atomic E-state index is -0.402. The molecule has 3 N–H and O–H groups in total. The van der Waals surface area contributed by atoms with Crippen LogP contribution in [0.3, 0.4) is 0 Å². The molecule has 0 aliphatic carbocycles. The van der Waals surface area contributed by atoms with Crippen molar-refractivity contribution in [2.75, 3.05) is 0 Å².